The van der Waals surface area contributed by atoms with Gasteiger partial charge in [-0.2, -0.15) is 0 Å². The van der Waals surface area contributed by atoms with Gasteiger partial charge in [-0.05, 0) is 134 Å². The minimum atomic E-state index is -0.180. The topological polar surface area (TPSA) is 24.6 Å². The predicted molar refractivity (Wildman–Crippen MR) is 297 cm³/mol. The van der Waals surface area contributed by atoms with Crippen molar-refractivity contribution >= 4 is 122 Å². The largest absolute Gasteiger partial charge is 0.468 e. The molecule has 0 aliphatic carbocycles. The van der Waals surface area contributed by atoms with Crippen LogP contribution in [0.1, 0.15) is 84.6 Å². The summed E-state index contributed by atoms with van der Waals surface area (Å²) < 4.78 is 12.7. The zero-order valence-corrected chi connectivity index (χ0v) is 41.9. The van der Waals surface area contributed by atoms with Crippen molar-refractivity contribution in [2.75, 3.05) is 9.80 Å². The van der Waals surface area contributed by atoms with E-state index < -0.39 is 0 Å². The van der Waals surface area contributed by atoms with E-state index in [4.69, 9.17) is 4.42 Å². The molecule has 3 aliphatic rings. The zero-order valence-electron chi connectivity index (χ0n) is 41.1. The van der Waals surface area contributed by atoms with Gasteiger partial charge in [0.15, 0.2) is 0 Å². The number of rotatable bonds is 2. The van der Waals surface area contributed by atoms with Gasteiger partial charge in [-0.15, -0.1) is 11.3 Å². The van der Waals surface area contributed by atoms with E-state index >= 15 is 0 Å². The van der Waals surface area contributed by atoms with E-state index in [2.05, 4.69) is 229 Å². The lowest BCUT2D eigenvalue weighted by molar-refractivity contribution is 0.590. The fourth-order valence-corrected chi connectivity index (χ4v) is 13.2. The van der Waals surface area contributed by atoms with Crippen LogP contribution in [0.5, 0.6) is 0 Å². The first-order chi connectivity index (χ1) is 33.0. The SMILES string of the molecule is Cc1cc2c3c(c1)N1c4c(cc(C(C)(C)C)cc4-n4c5ccc(C(C)(C)C)cc5c5cc(C(C)(C)C)cc1c54)B3c1oc3ccc(-c4ccccc4)cc3c1N2c1cccc2c1sc1ccccc12. The fraction of sp³-hybridized carbons (Fsp3) is 0.206. The van der Waals surface area contributed by atoms with Crippen molar-refractivity contribution in [3.05, 3.63) is 168 Å². The summed E-state index contributed by atoms with van der Waals surface area (Å²) >= 11 is 1.89. The first-order valence-electron chi connectivity index (χ1n) is 24.6. The van der Waals surface area contributed by atoms with Gasteiger partial charge >= 0.3 is 0 Å². The number of thiophene rings is 1. The highest BCUT2D eigenvalue weighted by Crippen LogP contribution is 2.56. The Hall–Kier alpha value is -7.02. The average Bonchev–Trinajstić information content (AvgIpc) is 4.00. The number of aromatic nitrogens is 1. The number of aryl methyl sites for hydroxylation is 1. The molecule has 11 aromatic rings. The van der Waals surface area contributed by atoms with E-state index in [1.165, 1.54) is 120 Å². The van der Waals surface area contributed by atoms with E-state index in [-0.39, 0.29) is 23.0 Å². The molecule has 336 valence electrons. The lowest BCUT2D eigenvalue weighted by Crippen LogP contribution is -2.61. The van der Waals surface area contributed by atoms with Crippen LogP contribution in [0.3, 0.4) is 0 Å². The van der Waals surface area contributed by atoms with Crippen molar-refractivity contribution in [1.29, 1.82) is 0 Å². The van der Waals surface area contributed by atoms with Gasteiger partial charge in [0, 0.05) is 43.0 Å². The van der Waals surface area contributed by atoms with Crippen molar-refractivity contribution in [3.8, 4) is 16.8 Å². The molecule has 3 aromatic heterocycles. The molecule has 0 fully saturated rings. The van der Waals surface area contributed by atoms with Crippen molar-refractivity contribution in [2.45, 2.75) is 85.5 Å². The van der Waals surface area contributed by atoms with Crippen LogP contribution in [-0.2, 0) is 16.2 Å². The normalized spacial score (nSPS) is 14.1. The van der Waals surface area contributed by atoms with Crippen molar-refractivity contribution in [3.63, 3.8) is 0 Å². The summed E-state index contributed by atoms with van der Waals surface area (Å²) in [4.78, 5) is 5.26. The van der Waals surface area contributed by atoms with Gasteiger partial charge in [0.1, 0.15) is 5.58 Å². The van der Waals surface area contributed by atoms with Crippen LogP contribution in [0.15, 0.2) is 150 Å². The van der Waals surface area contributed by atoms with Gasteiger partial charge in [0.25, 0.3) is 6.71 Å². The smallest absolute Gasteiger partial charge is 0.297 e. The summed E-state index contributed by atoms with van der Waals surface area (Å²) in [7, 11) is 0. The molecule has 0 radical (unpaired) electrons. The third-order valence-corrected chi connectivity index (χ3v) is 16.7. The number of furan rings is 1. The van der Waals surface area contributed by atoms with E-state index in [9.17, 15) is 0 Å². The minimum Gasteiger partial charge on any atom is -0.468 e. The van der Waals surface area contributed by atoms with Crippen LogP contribution in [0.2, 0.25) is 0 Å². The minimum absolute atomic E-state index is 0.000225. The first-order valence-corrected chi connectivity index (χ1v) is 25.4. The maximum atomic E-state index is 7.52. The Morgan fingerprint density at radius 2 is 1.14 bits per heavy atom. The Labute approximate surface area is 408 Å². The lowest BCUT2D eigenvalue weighted by atomic mass is 9.35. The van der Waals surface area contributed by atoms with Gasteiger partial charge in [0.2, 0.25) is 0 Å². The van der Waals surface area contributed by atoms with Crippen LogP contribution in [0, 0.1) is 6.92 Å². The molecule has 0 unspecified atom stereocenters. The molecule has 0 N–H and O–H groups in total. The first kappa shape index (κ1) is 41.0. The van der Waals surface area contributed by atoms with E-state index in [1.807, 2.05) is 11.3 Å². The summed E-state index contributed by atoms with van der Waals surface area (Å²) in [6.45, 7) is 23.3. The van der Waals surface area contributed by atoms with Gasteiger partial charge in [-0.3, -0.25) is 0 Å². The number of hydrogen-bond acceptors (Lipinski definition) is 4. The molecule has 69 heavy (non-hydrogen) atoms. The maximum absolute atomic E-state index is 7.52. The maximum Gasteiger partial charge on any atom is 0.297 e. The second-order valence-corrected chi connectivity index (χ2v) is 24.2. The summed E-state index contributed by atoms with van der Waals surface area (Å²) in [5, 5.41) is 6.31. The zero-order chi connectivity index (χ0) is 47.2. The quantitative estimate of drug-likeness (QED) is 0.162. The summed E-state index contributed by atoms with van der Waals surface area (Å²) in [6.07, 6.45) is 0. The Kier molecular flexibility index (Phi) is 8.09. The highest BCUT2D eigenvalue weighted by molar-refractivity contribution is 7.26. The summed E-state index contributed by atoms with van der Waals surface area (Å²) in [5.74, 6) is 0. The number of nitrogens with zero attached hydrogens (tertiary/aromatic N) is 3. The second-order valence-electron chi connectivity index (χ2n) is 23.1. The van der Waals surface area contributed by atoms with Crippen LogP contribution in [0.4, 0.5) is 34.1 Å². The molecule has 6 heterocycles. The standard InChI is InChI=1S/C63H54BN3OS/c1-35-27-49-55-50(28-35)67-51-33-39(62(5,6)7)31-44-43-30-38(61(2,3)4)24-25-47(43)65(56(44)51)52-34-40(63(8,9)10)32-46(58(52)67)64(55)60-57(45-29-37(23-26-53(45)68-60)36-17-12-11-13-18-36)66(49)48-21-16-20-42-41-19-14-15-22-54(41)69-59(42)48/h11-34H,1-10H3. The highest BCUT2D eigenvalue weighted by atomic mass is 32.1. The average molecular weight is 912 g/mol. The monoisotopic (exact) mass is 911 g/mol. The Morgan fingerprint density at radius 3 is 1.90 bits per heavy atom. The molecule has 0 amide bonds. The van der Waals surface area contributed by atoms with Crippen molar-refractivity contribution in [1.82, 2.24) is 4.57 Å². The number of benzene rings is 8. The van der Waals surface area contributed by atoms with E-state index in [1.54, 1.807) is 0 Å². The highest BCUT2D eigenvalue weighted by Gasteiger charge is 2.50. The van der Waals surface area contributed by atoms with Crippen LogP contribution in [-0.4, -0.2) is 11.3 Å². The molecular weight excluding hydrogens is 858 g/mol. The molecular formula is C63H54BN3OS. The predicted octanol–water partition coefficient (Wildman–Crippen LogP) is 16.2. The summed E-state index contributed by atoms with van der Waals surface area (Å²) in [6, 6.07) is 55.6. The Bertz CT molecular complexity index is 4050. The molecule has 0 atom stereocenters. The molecule has 14 rings (SSSR count). The van der Waals surface area contributed by atoms with Gasteiger partial charge in [-0.25, -0.2) is 0 Å². The second kappa shape index (κ2) is 13.6. The van der Waals surface area contributed by atoms with Gasteiger partial charge in [-0.1, -0.05) is 141 Å². The van der Waals surface area contributed by atoms with Gasteiger partial charge < -0.3 is 18.8 Å². The van der Waals surface area contributed by atoms with E-state index in [0.29, 0.717) is 0 Å². The van der Waals surface area contributed by atoms with E-state index in [0.717, 1.165) is 22.3 Å². The molecule has 0 saturated carbocycles. The summed E-state index contributed by atoms with van der Waals surface area (Å²) in [5.41, 5.74) is 22.7. The number of anilines is 6. The molecule has 0 saturated heterocycles. The Morgan fingerprint density at radius 1 is 0.478 bits per heavy atom. The van der Waals surface area contributed by atoms with Crippen LogP contribution < -0.4 is 26.4 Å². The van der Waals surface area contributed by atoms with Gasteiger partial charge in [0.05, 0.1) is 49.8 Å². The van der Waals surface area contributed by atoms with Crippen molar-refractivity contribution < 1.29 is 4.42 Å². The van der Waals surface area contributed by atoms with Crippen LogP contribution in [0.25, 0.3) is 69.8 Å². The molecule has 8 aromatic carbocycles. The number of hydrogen-bond donors (Lipinski definition) is 0. The fourth-order valence-electron chi connectivity index (χ4n) is 12.0. The molecule has 0 bridgehead atoms. The molecule has 0 spiro atoms. The third kappa shape index (κ3) is 5.64. The van der Waals surface area contributed by atoms with Crippen molar-refractivity contribution in [2.24, 2.45) is 0 Å². The van der Waals surface area contributed by atoms with Crippen LogP contribution >= 0.6 is 11.3 Å². The Balaban J connectivity index is 1.16. The molecule has 3 aliphatic heterocycles. The third-order valence-electron chi connectivity index (χ3n) is 15.5. The molecule has 4 nitrogen and oxygen atoms in total. The lowest BCUT2D eigenvalue weighted by Gasteiger charge is -2.45. The number of fused-ring (bicyclic) bond motifs is 14. The molecule has 6 heteroatoms.